The Morgan fingerprint density at radius 2 is 1.40 bits per heavy atom. The lowest BCUT2D eigenvalue weighted by Gasteiger charge is -2.39. The second-order valence-electron chi connectivity index (χ2n) is 11.6. The van der Waals surface area contributed by atoms with Gasteiger partial charge in [0.25, 0.3) is 0 Å². The van der Waals surface area contributed by atoms with Gasteiger partial charge in [0, 0.05) is 25.2 Å². The van der Waals surface area contributed by atoms with E-state index in [-0.39, 0.29) is 41.6 Å². The molecule has 4 N–H and O–H groups in total. The topological polar surface area (TPSA) is 103 Å². The molecule has 1 aliphatic heterocycles. The summed E-state index contributed by atoms with van der Waals surface area (Å²) < 4.78 is 0. The number of carbonyl (C=O) groups is 3. The molecule has 0 radical (unpaired) electrons. The fourth-order valence-corrected chi connectivity index (χ4v) is 6.52. The van der Waals surface area contributed by atoms with Crippen molar-refractivity contribution in [2.45, 2.75) is 82.0 Å². The molecule has 1 saturated carbocycles. The predicted octanol–water partition coefficient (Wildman–Crippen LogP) is 3.70. The van der Waals surface area contributed by atoms with E-state index >= 15 is 0 Å². The molecule has 2 fully saturated rings. The Balaban J connectivity index is 1.59. The zero-order valence-electron chi connectivity index (χ0n) is 25.3. The quantitative estimate of drug-likeness (QED) is 0.310. The van der Waals surface area contributed by atoms with Gasteiger partial charge < -0.3 is 26.2 Å². The number of hydrogen-bond donors (Lipinski definition) is 4. The normalized spacial score (nSPS) is 19.5. The van der Waals surface area contributed by atoms with Crippen LogP contribution in [0.3, 0.4) is 0 Å². The second kappa shape index (κ2) is 15.0. The number of benzene rings is 2. The van der Waals surface area contributed by atoms with Crippen LogP contribution in [-0.2, 0) is 14.4 Å². The van der Waals surface area contributed by atoms with Crippen LogP contribution in [0.5, 0.6) is 0 Å². The first kappa shape index (κ1) is 31.3. The molecule has 0 unspecified atom stereocenters. The van der Waals surface area contributed by atoms with Crippen LogP contribution in [0.4, 0.5) is 0 Å². The van der Waals surface area contributed by atoms with Gasteiger partial charge in [-0.25, -0.2) is 0 Å². The van der Waals surface area contributed by atoms with E-state index < -0.39 is 12.1 Å². The summed E-state index contributed by atoms with van der Waals surface area (Å²) in [5.74, 6) is -0.605. The van der Waals surface area contributed by atoms with Gasteiger partial charge in [0.2, 0.25) is 17.7 Å². The highest BCUT2D eigenvalue weighted by atomic mass is 16.2. The average molecular weight is 574 g/mol. The average Bonchev–Trinajstić information content (AvgIpc) is 3.54. The fraction of sp³-hybridized carbons (Fsp3) is 0.500. The Morgan fingerprint density at radius 3 is 1.95 bits per heavy atom. The zero-order valence-corrected chi connectivity index (χ0v) is 25.3. The van der Waals surface area contributed by atoms with Gasteiger partial charge in [0.05, 0.1) is 12.1 Å². The van der Waals surface area contributed by atoms with Crippen LogP contribution in [0, 0.1) is 5.92 Å². The van der Waals surface area contributed by atoms with Gasteiger partial charge >= 0.3 is 0 Å². The van der Waals surface area contributed by atoms with Gasteiger partial charge in [-0.3, -0.25) is 14.4 Å². The van der Waals surface area contributed by atoms with Crippen LogP contribution < -0.4 is 21.3 Å². The molecule has 1 saturated heterocycles. The number of nitrogens with zero attached hydrogens (tertiary/aromatic N) is 1. The third kappa shape index (κ3) is 7.40. The van der Waals surface area contributed by atoms with Crippen molar-refractivity contribution in [3.8, 4) is 0 Å². The van der Waals surface area contributed by atoms with Crippen LogP contribution in [0.1, 0.15) is 68.9 Å². The Hall–Kier alpha value is -3.65. The molecule has 2 aromatic rings. The first-order valence-corrected chi connectivity index (χ1v) is 15.4. The van der Waals surface area contributed by atoms with Gasteiger partial charge in [-0.2, -0.15) is 0 Å². The first-order valence-electron chi connectivity index (χ1n) is 15.4. The number of nitrogens with one attached hydrogen (secondary N) is 4. The highest BCUT2D eigenvalue weighted by molar-refractivity contribution is 5.91. The summed E-state index contributed by atoms with van der Waals surface area (Å²) in [6, 6.07) is 17.8. The predicted molar refractivity (Wildman–Crippen MR) is 167 cm³/mol. The minimum Gasteiger partial charge on any atom is -0.362 e. The summed E-state index contributed by atoms with van der Waals surface area (Å²) in [6.07, 6.45) is 7.00. The molecular formula is C34H47N5O3. The number of likely N-dealkylation sites (tertiary alicyclic amines) is 1. The van der Waals surface area contributed by atoms with Gasteiger partial charge in [-0.05, 0) is 56.7 Å². The number of likely N-dealkylation sites (N-methyl/N-ethyl adjacent to an activating group) is 2. The minimum atomic E-state index is -0.812. The highest BCUT2D eigenvalue weighted by Gasteiger charge is 2.40. The standard InChI is InChI=1S/C34H47N5O3/c1-23(35-3)32(40)37-30(27-19-12-7-13-20-27)24(2)39-22-14-21-28(39)33(41)38-31(34(42)36-4)29(25-15-8-5-9-16-25)26-17-10-6-11-18-26/h5-6,8-11,15-18,23,27-31,35H,2,7,12-14,19-22H2,1,3-4H3,(H,36,42)(H,37,40)(H,38,41)/t23-,28-,30+,31-/m0/s1. The van der Waals surface area contributed by atoms with Crippen molar-refractivity contribution in [1.82, 2.24) is 26.2 Å². The molecule has 1 heterocycles. The summed E-state index contributed by atoms with van der Waals surface area (Å²) in [4.78, 5) is 42.5. The molecule has 42 heavy (non-hydrogen) atoms. The van der Waals surface area contributed by atoms with E-state index in [2.05, 4.69) is 32.7 Å². The lowest BCUT2D eigenvalue weighted by atomic mass is 9.82. The van der Waals surface area contributed by atoms with Crippen LogP contribution >= 0.6 is 0 Å². The SMILES string of the molecule is C=C([C@@H](NC(=O)[C@H](C)NC)C1CCCCC1)N1CCC[C@H]1C(=O)N[C@H](C(=O)NC)C(c1ccccc1)c1ccccc1. The van der Waals surface area contributed by atoms with Crippen LogP contribution in [-0.4, -0.2) is 67.4 Å². The molecule has 8 nitrogen and oxygen atoms in total. The molecule has 0 spiro atoms. The van der Waals surface area contributed by atoms with Crippen molar-refractivity contribution >= 4 is 17.7 Å². The number of amides is 3. The number of hydrogen-bond acceptors (Lipinski definition) is 5. The van der Waals surface area contributed by atoms with E-state index in [4.69, 9.17) is 0 Å². The summed E-state index contributed by atoms with van der Waals surface area (Å²) in [7, 11) is 3.37. The Bertz CT molecular complexity index is 1160. The largest absolute Gasteiger partial charge is 0.362 e. The maximum absolute atomic E-state index is 14.1. The van der Waals surface area contributed by atoms with E-state index in [0.29, 0.717) is 13.0 Å². The maximum atomic E-state index is 14.1. The van der Waals surface area contributed by atoms with Crippen LogP contribution in [0.2, 0.25) is 0 Å². The van der Waals surface area contributed by atoms with Gasteiger partial charge in [-0.15, -0.1) is 0 Å². The molecule has 0 bridgehead atoms. The zero-order chi connectivity index (χ0) is 30.1. The van der Waals surface area contributed by atoms with Crippen molar-refractivity contribution in [3.63, 3.8) is 0 Å². The summed E-state index contributed by atoms with van der Waals surface area (Å²) in [6.45, 7) is 7.00. The molecular weight excluding hydrogens is 526 g/mol. The van der Waals surface area contributed by atoms with Crippen molar-refractivity contribution in [2.75, 3.05) is 20.6 Å². The van der Waals surface area contributed by atoms with E-state index in [1.807, 2.05) is 67.6 Å². The molecule has 3 amide bonds. The van der Waals surface area contributed by atoms with Gasteiger partial charge in [0.15, 0.2) is 0 Å². The van der Waals surface area contributed by atoms with Crippen molar-refractivity contribution in [3.05, 3.63) is 84.1 Å². The summed E-state index contributed by atoms with van der Waals surface area (Å²) in [5, 5.41) is 12.2. The highest BCUT2D eigenvalue weighted by Crippen LogP contribution is 2.34. The maximum Gasteiger partial charge on any atom is 0.243 e. The lowest BCUT2D eigenvalue weighted by Crippen LogP contribution is -2.56. The Morgan fingerprint density at radius 1 is 0.810 bits per heavy atom. The van der Waals surface area contributed by atoms with E-state index in [9.17, 15) is 14.4 Å². The van der Waals surface area contributed by atoms with Crippen LogP contribution in [0.25, 0.3) is 0 Å². The molecule has 0 aromatic heterocycles. The smallest absolute Gasteiger partial charge is 0.243 e. The van der Waals surface area contributed by atoms with Crippen LogP contribution in [0.15, 0.2) is 72.9 Å². The molecule has 2 aliphatic rings. The van der Waals surface area contributed by atoms with Crippen molar-refractivity contribution < 1.29 is 14.4 Å². The Labute approximate surface area is 250 Å². The van der Waals surface area contributed by atoms with Gasteiger partial charge in [-0.1, -0.05) is 86.5 Å². The van der Waals surface area contributed by atoms with Crippen molar-refractivity contribution in [2.24, 2.45) is 5.92 Å². The minimum absolute atomic E-state index is 0.0670. The summed E-state index contributed by atoms with van der Waals surface area (Å²) in [5.41, 5.74) is 2.68. The monoisotopic (exact) mass is 573 g/mol. The van der Waals surface area contributed by atoms with E-state index in [1.54, 1.807) is 14.1 Å². The third-order valence-corrected chi connectivity index (χ3v) is 9.01. The molecule has 2 aromatic carbocycles. The molecule has 1 aliphatic carbocycles. The lowest BCUT2D eigenvalue weighted by molar-refractivity contribution is -0.131. The second-order valence-corrected chi connectivity index (χ2v) is 11.6. The van der Waals surface area contributed by atoms with E-state index in [1.165, 1.54) is 6.42 Å². The Kier molecular flexibility index (Phi) is 11.2. The molecule has 4 rings (SSSR count). The summed E-state index contributed by atoms with van der Waals surface area (Å²) >= 11 is 0. The third-order valence-electron chi connectivity index (χ3n) is 9.01. The number of carbonyl (C=O) groups excluding carboxylic acids is 3. The fourth-order valence-electron chi connectivity index (χ4n) is 6.52. The van der Waals surface area contributed by atoms with Gasteiger partial charge in [0.1, 0.15) is 12.1 Å². The molecule has 4 atom stereocenters. The van der Waals surface area contributed by atoms with Crippen molar-refractivity contribution in [1.29, 1.82) is 0 Å². The molecule has 226 valence electrons. The van der Waals surface area contributed by atoms with E-state index in [0.717, 1.165) is 48.9 Å². The molecule has 8 heteroatoms. The first-order chi connectivity index (χ1) is 20.3. The number of rotatable bonds is 12.